The lowest BCUT2D eigenvalue weighted by atomic mass is 9.95. The molecule has 0 fully saturated rings. The molecule has 2 aromatic carbocycles. The summed E-state index contributed by atoms with van der Waals surface area (Å²) >= 11 is 1.49. The first kappa shape index (κ1) is 20.0. The number of aldehydes is 1. The van der Waals surface area contributed by atoms with Crippen molar-refractivity contribution in [2.24, 2.45) is 5.73 Å². The lowest BCUT2D eigenvalue weighted by Gasteiger charge is -2.11. The van der Waals surface area contributed by atoms with Crippen LogP contribution in [0.4, 0.5) is 0 Å². The van der Waals surface area contributed by atoms with Gasteiger partial charge in [-0.2, -0.15) is 0 Å². The highest BCUT2D eigenvalue weighted by molar-refractivity contribution is 7.98. The van der Waals surface area contributed by atoms with Gasteiger partial charge in [-0.1, -0.05) is 48.2 Å². The Balaban J connectivity index is 0.000000231. The van der Waals surface area contributed by atoms with Gasteiger partial charge in [0.2, 0.25) is 0 Å². The highest BCUT2D eigenvalue weighted by Gasteiger charge is 2.13. The average Bonchev–Trinajstić information content (AvgIpc) is 3.10. The Bertz CT molecular complexity index is 896. The number of thioether (sulfide) groups is 1. The van der Waals surface area contributed by atoms with E-state index in [0.29, 0.717) is 13.0 Å². The van der Waals surface area contributed by atoms with Crippen LogP contribution in [0, 0.1) is 0 Å². The average molecular weight is 394 g/mol. The fourth-order valence-electron chi connectivity index (χ4n) is 2.85. The summed E-state index contributed by atoms with van der Waals surface area (Å²) in [4.78, 5) is 19.9. The van der Waals surface area contributed by atoms with E-state index in [1.54, 1.807) is 6.20 Å². The number of nitrogens with zero attached hydrogens (tertiary/aromatic N) is 2. The van der Waals surface area contributed by atoms with E-state index in [1.165, 1.54) is 17.3 Å². The third-order valence-electron chi connectivity index (χ3n) is 4.41. The Morgan fingerprint density at radius 2 is 2.04 bits per heavy atom. The van der Waals surface area contributed by atoms with Crippen molar-refractivity contribution in [2.45, 2.75) is 30.6 Å². The molecule has 0 spiro atoms. The van der Waals surface area contributed by atoms with Gasteiger partial charge in [0.15, 0.2) is 5.16 Å². The number of hydrogen-bond acceptors (Lipinski definition) is 6. The summed E-state index contributed by atoms with van der Waals surface area (Å²) in [5.41, 5.74) is 9.78. The zero-order chi connectivity index (χ0) is 19.8. The number of ether oxygens (including phenoxy) is 1. The molecule has 1 aromatic heterocycles. The summed E-state index contributed by atoms with van der Waals surface area (Å²) in [6.07, 6.45) is 5.22. The molecule has 1 atom stereocenters. The molecule has 2 heterocycles. The van der Waals surface area contributed by atoms with Gasteiger partial charge in [-0.05, 0) is 41.1 Å². The van der Waals surface area contributed by atoms with Crippen LogP contribution in [0.1, 0.15) is 28.3 Å². The van der Waals surface area contributed by atoms with E-state index in [2.05, 4.69) is 22.1 Å². The van der Waals surface area contributed by atoms with E-state index in [0.717, 1.165) is 40.6 Å². The summed E-state index contributed by atoms with van der Waals surface area (Å²) in [6.45, 7) is 1.28. The highest BCUT2D eigenvalue weighted by atomic mass is 32.2. The van der Waals surface area contributed by atoms with E-state index in [1.807, 2.05) is 48.7 Å². The molecule has 2 N–H and O–H groups in total. The minimum atomic E-state index is -0.188. The number of hydrogen-bond donors (Lipinski definition) is 1. The molecule has 0 saturated heterocycles. The molecule has 3 aromatic rings. The highest BCUT2D eigenvalue weighted by Crippen LogP contribution is 2.21. The van der Waals surface area contributed by atoms with E-state index in [9.17, 15) is 4.79 Å². The Morgan fingerprint density at radius 1 is 1.21 bits per heavy atom. The second kappa shape index (κ2) is 10.0. The lowest BCUT2D eigenvalue weighted by Crippen LogP contribution is -2.07. The first-order valence-corrected chi connectivity index (χ1v) is 10.3. The van der Waals surface area contributed by atoms with Crippen LogP contribution in [0.15, 0.2) is 66.0 Å². The van der Waals surface area contributed by atoms with Crippen LogP contribution in [0.2, 0.25) is 0 Å². The Hall–Kier alpha value is -2.70. The van der Waals surface area contributed by atoms with Gasteiger partial charge in [-0.15, -0.1) is 0 Å². The topological polar surface area (TPSA) is 78.1 Å². The summed E-state index contributed by atoms with van der Waals surface area (Å²) in [5.74, 6) is 0.814. The van der Waals surface area contributed by atoms with Crippen molar-refractivity contribution in [3.8, 4) is 5.75 Å². The fourth-order valence-corrected chi connectivity index (χ4v) is 3.23. The molecular weight excluding hydrogens is 370 g/mol. The molecule has 0 aliphatic carbocycles. The van der Waals surface area contributed by atoms with Gasteiger partial charge >= 0.3 is 0 Å². The standard InChI is InChI=1S/C15H17N3OS.C7H6O/c1-20-15-17-7-6-14(18-15)8-13(10-19)12-4-2-11(9-16)3-5-12;1-2-6-4-7(3-1)8-5-6/h2-7,10,13H,8-9,16H2,1H3;1-4H,5H2. The van der Waals surface area contributed by atoms with Crippen molar-refractivity contribution in [1.82, 2.24) is 9.97 Å². The van der Waals surface area contributed by atoms with E-state index < -0.39 is 0 Å². The van der Waals surface area contributed by atoms with Gasteiger partial charge in [-0.3, -0.25) is 0 Å². The number of carbonyl (C=O) groups excluding carboxylic acids is 1. The first-order valence-electron chi connectivity index (χ1n) is 9.03. The van der Waals surface area contributed by atoms with E-state index >= 15 is 0 Å². The van der Waals surface area contributed by atoms with Gasteiger partial charge in [0, 0.05) is 30.8 Å². The van der Waals surface area contributed by atoms with Crippen molar-refractivity contribution in [2.75, 3.05) is 6.26 Å². The zero-order valence-corrected chi connectivity index (χ0v) is 16.6. The monoisotopic (exact) mass is 393 g/mol. The quantitative estimate of drug-likeness (QED) is 0.390. The van der Waals surface area contributed by atoms with Crippen molar-refractivity contribution in [3.63, 3.8) is 0 Å². The summed E-state index contributed by atoms with van der Waals surface area (Å²) in [5, 5.41) is 0.727. The van der Waals surface area contributed by atoms with Gasteiger partial charge < -0.3 is 15.3 Å². The van der Waals surface area contributed by atoms with Crippen LogP contribution in [-0.2, 0) is 24.4 Å². The third-order valence-corrected chi connectivity index (χ3v) is 4.98. The van der Waals surface area contributed by atoms with Gasteiger partial charge in [0.25, 0.3) is 0 Å². The van der Waals surface area contributed by atoms with Gasteiger partial charge in [0.05, 0.1) is 0 Å². The van der Waals surface area contributed by atoms with Gasteiger partial charge in [-0.25, -0.2) is 9.97 Å². The molecular formula is C22H23N3O2S. The Morgan fingerprint density at radius 3 is 2.68 bits per heavy atom. The number of nitrogens with two attached hydrogens (primary N) is 1. The minimum Gasteiger partial charge on any atom is -0.489 e. The molecule has 6 heteroatoms. The van der Waals surface area contributed by atoms with E-state index in [-0.39, 0.29) is 5.92 Å². The van der Waals surface area contributed by atoms with Crippen molar-refractivity contribution in [3.05, 3.63) is 83.2 Å². The summed E-state index contributed by atoms with van der Waals surface area (Å²) < 4.78 is 5.18. The lowest BCUT2D eigenvalue weighted by molar-refractivity contribution is -0.109. The SMILES string of the molecule is CSc1nccc(CC(C=O)c2ccc(CN)cc2)n1.c1cc2cc(c1)OC2. The second-order valence-electron chi connectivity index (χ2n) is 6.36. The molecule has 144 valence electrons. The van der Waals surface area contributed by atoms with Crippen LogP contribution < -0.4 is 10.5 Å². The molecule has 1 aliphatic heterocycles. The Kier molecular flexibility index (Phi) is 7.17. The van der Waals surface area contributed by atoms with Crippen LogP contribution >= 0.6 is 11.8 Å². The minimum absolute atomic E-state index is 0.188. The summed E-state index contributed by atoms with van der Waals surface area (Å²) in [6, 6.07) is 17.8. The van der Waals surface area contributed by atoms with Crippen LogP contribution in [0.25, 0.3) is 0 Å². The predicted octanol–water partition coefficient (Wildman–Crippen LogP) is 3.76. The molecule has 1 unspecified atom stereocenters. The zero-order valence-electron chi connectivity index (χ0n) is 15.7. The van der Waals surface area contributed by atoms with Crippen LogP contribution in [0.5, 0.6) is 5.75 Å². The predicted molar refractivity (Wildman–Crippen MR) is 111 cm³/mol. The number of benzene rings is 2. The maximum absolute atomic E-state index is 11.3. The number of carbonyl (C=O) groups is 1. The fraction of sp³-hybridized carbons (Fsp3) is 0.227. The molecule has 0 saturated carbocycles. The molecule has 2 bridgehead atoms. The number of fused-ring (bicyclic) bond motifs is 2. The largest absolute Gasteiger partial charge is 0.489 e. The first-order chi connectivity index (χ1) is 13.7. The third kappa shape index (κ3) is 5.41. The molecule has 4 rings (SSSR count). The molecule has 5 nitrogen and oxygen atoms in total. The van der Waals surface area contributed by atoms with Crippen molar-refractivity contribution < 1.29 is 9.53 Å². The molecule has 0 radical (unpaired) electrons. The molecule has 28 heavy (non-hydrogen) atoms. The van der Waals surface area contributed by atoms with E-state index in [4.69, 9.17) is 10.5 Å². The maximum Gasteiger partial charge on any atom is 0.187 e. The van der Waals surface area contributed by atoms with Crippen LogP contribution in [-0.4, -0.2) is 22.5 Å². The van der Waals surface area contributed by atoms with Crippen molar-refractivity contribution >= 4 is 18.0 Å². The molecule has 1 aliphatic rings. The number of aromatic nitrogens is 2. The second-order valence-corrected chi connectivity index (χ2v) is 7.14. The number of rotatable bonds is 6. The summed E-state index contributed by atoms with van der Waals surface area (Å²) in [7, 11) is 0. The Labute approximate surface area is 169 Å². The van der Waals surface area contributed by atoms with Crippen LogP contribution in [0.3, 0.4) is 0 Å². The maximum atomic E-state index is 11.3. The smallest absolute Gasteiger partial charge is 0.187 e. The molecule has 0 amide bonds. The van der Waals surface area contributed by atoms with Crippen molar-refractivity contribution in [1.29, 1.82) is 0 Å². The normalized spacial score (nSPS) is 12.5. The van der Waals surface area contributed by atoms with Gasteiger partial charge in [0.1, 0.15) is 18.6 Å².